The molecule has 2 aromatic heterocycles. The van der Waals surface area contributed by atoms with Crippen molar-refractivity contribution in [3.8, 4) is 0 Å². The zero-order valence-electron chi connectivity index (χ0n) is 9.14. The van der Waals surface area contributed by atoms with Gasteiger partial charge in [-0.1, -0.05) is 0 Å². The maximum atomic E-state index is 11.4. The molecule has 2 heterocycles. The first-order valence-electron chi connectivity index (χ1n) is 5.00. The number of aromatic amines is 1. The number of nitrogens with zero attached hydrogens (tertiary/aromatic N) is 3. The molecule has 2 aromatic rings. The van der Waals surface area contributed by atoms with Crippen molar-refractivity contribution in [2.45, 2.75) is 13.5 Å². The van der Waals surface area contributed by atoms with Crippen LogP contribution < -0.4 is 5.32 Å². The zero-order valence-corrected chi connectivity index (χ0v) is 9.95. The Labute approximate surface area is 101 Å². The lowest BCUT2D eigenvalue weighted by atomic mass is 10.5. The van der Waals surface area contributed by atoms with E-state index < -0.39 is 5.97 Å². The van der Waals surface area contributed by atoms with Crippen molar-refractivity contribution in [1.82, 2.24) is 20.2 Å². The van der Waals surface area contributed by atoms with E-state index in [1.807, 2.05) is 0 Å². The van der Waals surface area contributed by atoms with E-state index in [1.165, 1.54) is 17.7 Å². The van der Waals surface area contributed by atoms with Gasteiger partial charge in [-0.2, -0.15) is 5.10 Å². The minimum atomic E-state index is -0.406. The van der Waals surface area contributed by atoms with Gasteiger partial charge in [-0.25, -0.2) is 14.8 Å². The predicted octanol–water partition coefficient (Wildman–Crippen LogP) is 1.05. The second-order valence-electron chi connectivity index (χ2n) is 3.04. The van der Waals surface area contributed by atoms with Gasteiger partial charge in [-0.15, -0.1) is 11.3 Å². The second-order valence-corrected chi connectivity index (χ2v) is 3.90. The fraction of sp³-hybridized carbons (Fsp3) is 0.333. The van der Waals surface area contributed by atoms with E-state index in [-0.39, 0.29) is 0 Å². The van der Waals surface area contributed by atoms with Gasteiger partial charge < -0.3 is 10.1 Å². The summed E-state index contributed by atoms with van der Waals surface area (Å²) in [5, 5.41) is 11.8. The number of rotatable bonds is 5. The quantitative estimate of drug-likeness (QED) is 0.774. The minimum Gasteiger partial charge on any atom is -0.461 e. The Morgan fingerprint density at radius 3 is 3.24 bits per heavy atom. The van der Waals surface area contributed by atoms with Crippen LogP contribution in [0.1, 0.15) is 23.2 Å². The van der Waals surface area contributed by atoms with E-state index in [1.54, 1.807) is 12.3 Å². The van der Waals surface area contributed by atoms with Crippen LogP contribution >= 0.6 is 11.3 Å². The number of carbonyl (C=O) groups is 1. The smallest absolute Gasteiger partial charge is 0.357 e. The van der Waals surface area contributed by atoms with Crippen molar-refractivity contribution in [1.29, 1.82) is 0 Å². The minimum absolute atomic E-state index is 0.317. The Kier molecular flexibility index (Phi) is 3.66. The van der Waals surface area contributed by atoms with Gasteiger partial charge in [-0.3, -0.25) is 5.10 Å². The van der Waals surface area contributed by atoms with Crippen LogP contribution in [0.3, 0.4) is 0 Å². The maximum Gasteiger partial charge on any atom is 0.357 e. The first-order chi connectivity index (χ1) is 8.29. The van der Waals surface area contributed by atoms with Crippen LogP contribution in [0.15, 0.2) is 11.7 Å². The lowest BCUT2D eigenvalue weighted by Gasteiger charge is -1.98. The molecule has 0 aliphatic carbocycles. The molecule has 2 N–H and O–H groups in total. The molecule has 0 spiro atoms. The predicted molar refractivity (Wildman–Crippen MR) is 61.8 cm³/mol. The molecule has 0 bridgehead atoms. The highest BCUT2D eigenvalue weighted by Gasteiger charge is 2.11. The normalized spacial score (nSPS) is 10.2. The number of esters is 1. The topological polar surface area (TPSA) is 92.8 Å². The molecule has 0 saturated carbocycles. The van der Waals surface area contributed by atoms with Crippen LogP contribution in [-0.2, 0) is 11.3 Å². The third kappa shape index (κ3) is 3.00. The van der Waals surface area contributed by atoms with Crippen molar-refractivity contribution in [2.24, 2.45) is 0 Å². The molecule has 7 nitrogen and oxygen atoms in total. The molecule has 0 fully saturated rings. The molecular weight excluding hydrogens is 242 g/mol. The molecule has 8 heteroatoms. The highest BCUT2D eigenvalue weighted by atomic mass is 32.1. The van der Waals surface area contributed by atoms with Crippen molar-refractivity contribution < 1.29 is 9.53 Å². The first-order valence-corrected chi connectivity index (χ1v) is 5.88. The number of hydrogen-bond acceptors (Lipinski definition) is 7. The zero-order chi connectivity index (χ0) is 12.1. The fourth-order valence-electron chi connectivity index (χ4n) is 1.13. The lowest BCUT2D eigenvalue weighted by molar-refractivity contribution is 0.0520. The van der Waals surface area contributed by atoms with Crippen molar-refractivity contribution in [3.05, 3.63) is 23.2 Å². The van der Waals surface area contributed by atoms with Gasteiger partial charge in [0.15, 0.2) is 10.8 Å². The highest BCUT2D eigenvalue weighted by molar-refractivity contribution is 7.13. The van der Waals surface area contributed by atoms with Crippen molar-refractivity contribution >= 4 is 22.4 Å². The molecule has 0 radical (unpaired) electrons. The van der Waals surface area contributed by atoms with Crippen molar-refractivity contribution in [2.75, 3.05) is 11.9 Å². The summed E-state index contributed by atoms with van der Waals surface area (Å²) in [4.78, 5) is 19.4. The monoisotopic (exact) mass is 253 g/mol. The number of thiazole rings is 1. The van der Waals surface area contributed by atoms with Crippen LogP contribution in [0.25, 0.3) is 0 Å². The van der Waals surface area contributed by atoms with E-state index in [2.05, 4.69) is 25.5 Å². The summed E-state index contributed by atoms with van der Waals surface area (Å²) in [6.07, 6.45) is 1.43. The third-order valence-electron chi connectivity index (χ3n) is 1.86. The summed E-state index contributed by atoms with van der Waals surface area (Å²) in [7, 11) is 0. The van der Waals surface area contributed by atoms with Gasteiger partial charge in [0, 0.05) is 5.38 Å². The Hall–Kier alpha value is -1.96. The SMILES string of the molecule is CCOC(=O)c1csc(NCc2ncn[nH]2)n1. The van der Waals surface area contributed by atoms with E-state index in [9.17, 15) is 4.79 Å². The summed E-state index contributed by atoms with van der Waals surface area (Å²) in [5.74, 6) is 0.300. The third-order valence-corrected chi connectivity index (χ3v) is 2.66. The molecule has 0 atom stereocenters. The highest BCUT2D eigenvalue weighted by Crippen LogP contribution is 2.16. The molecule has 90 valence electrons. The number of ether oxygens (including phenoxy) is 1. The van der Waals surface area contributed by atoms with Crippen LogP contribution in [0.2, 0.25) is 0 Å². The Bertz CT molecular complexity index is 481. The van der Waals surface area contributed by atoms with E-state index >= 15 is 0 Å². The lowest BCUT2D eigenvalue weighted by Crippen LogP contribution is -2.06. The Morgan fingerprint density at radius 2 is 2.53 bits per heavy atom. The molecule has 0 amide bonds. The molecule has 0 aliphatic heterocycles. The van der Waals surface area contributed by atoms with Crippen LogP contribution in [0, 0.1) is 0 Å². The molecule has 2 rings (SSSR count). The molecular formula is C9H11N5O2S. The summed E-state index contributed by atoms with van der Waals surface area (Å²) >= 11 is 1.34. The molecule has 17 heavy (non-hydrogen) atoms. The second kappa shape index (κ2) is 5.39. The maximum absolute atomic E-state index is 11.4. The van der Waals surface area contributed by atoms with Crippen LogP contribution in [-0.4, -0.2) is 32.7 Å². The standard InChI is InChI=1S/C9H11N5O2S/c1-2-16-8(15)6-4-17-9(13-6)10-3-7-11-5-12-14-7/h4-5H,2-3H2,1H3,(H,10,13)(H,11,12,14). The largest absolute Gasteiger partial charge is 0.461 e. The summed E-state index contributed by atoms with van der Waals surface area (Å²) in [5.41, 5.74) is 0.317. The molecule has 0 unspecified atom stereocenters. The number of aromatic nitrogens is 4. The number of hydrogen-bond donors (Lipinski definition) is 2. The Balaban J connectivity index is 1.92. The van der Waals surface area contributed by atoms with Crippen molar-refractivity contribution in [3.63, 3.8) is 0 Å². The van der Waals surface area contributed by atoms with Gasteiger partial charge in [0.05, 0.1) is 13.2 Å². The van der Waals surface area contributed by atoms with E-state index in [0.29, 0.717) is 29.8 Å². The fourth-order valence-corrected chi connectivity index (χ4v) is 1.81. The average molecular weight is 253 g/mol. The number of anilines is 1. The molecule has 0 aliphatic rings. The summed E-state index contributed by atoms with van der Waals surface area (Å²) < 4.78 is 4.84. The van der Waals surface area contributed by atoms with Crippen LogP contribution in [0.5, 0.6) is 0 Å². The number of carbonyl (C=O) groups excluding carboxylic acids is 1. The van der Waals surface area contributed by atoms with Gasteiger partial charge in [0.25, 0.3) is 0 Å². The number of nitrogens with one attached hydrogen (secondary N) is 2. The number of H-pyrrole nitrogens is 1. The summed E-state index contributed by atoms with van der Waals surface area (Å²) in [6, 6.07) is 0. The van der Waals surface area contributed by atoms with E-state index in [4.69, 9.17) is 4.74 Å². The van der Waals surface area contributed by atoms with Gasteiger partial charge in [0.2, 0.25) is 0 Å². The molecule has 0 saturated heterocycles. The summed E-state index contributed by atoms with van der Waals surface area (Å²) in [6.45, 7) is 2.58. The average Bonchev–Trinajstić information content (AvgIpc) is 2.98. The first kappa shape index (κ1) is 11.5. The van der Waals surface area contributed by atoms with Gasteiger partial charge in [0.1, 0.15) is 12.2 Å². The van der Waals surface area contributed by atoms with Gasteiger partial charge in [-0.05, 0) is 6.92 Å². The van der Waals surface area contributed by atoms with Gasteiger partial charge >= 0.3 is 5.97 Å². The Morgan fingerprint density at radius 1 is 1.65 bits per heavy atom. The molecule has 0 aromatic carbocycles. The van der Waals surface area contributed by atoms with Crippen LogP contribution in [0.4, 0.5) is 5.13 Å². The van der Waals surface area contributed by atoms with E-state index in [0.717, 1.165) is 0 Å².